The zero-order chi connectivity index (χ0) is 38.0. The van der Waals surface area contributed by atoms with Gasteiger partial charge in [-0.05, 0) is 96.3 Å². The van der Waals surface area contributed by atoms with E-state index in [-0.39, 0.29) is 0 Å². The molecule has 0 amide bonds. The third kappa shape index (κ3) is 33.5. The Morgan fingerprint density at radius 3 is 0.887 bits per heavy atom. The lowest BCUT2D eigenvalue weighted by atomic mass is 10.0. The van der Waals surface area contributed by atoms with E-state index < -0.39 is 0 Å². The maximum Gasteiger partial charge on any atom is 0.104 e. The third-order valence-electron chi connectivity index (χ3n) is 11.5. The fourth-order valence-electron chi connectivity index (χ4n) is 8.06. The Labute approximate surface area is 334 Å². The molecule has 1 aromatic rings. The smallest absolute Gasteiger partial charge is 0.104 e. The van der Waals surface area contributed by atoms with Crippen LogP contribution in [0, 0.1) is 0 Å². The molecule has 1 heteroatoms. The van der Waals surface area contributed by atoms with Gasteiger partial charge in [-0.15, -0.1) is 0 Å². The molecule has 0 atom stereocenters. The van der Waals surface area contributed by atoms with Crippen LogP contribution >= 0.6 is 0 Å². The lowest BCUT2D eigenvalue weighted by Crippen LogP contribution is -2.49. The number of benzene rings is 1. The van der Waals surface area contributed by atoms with Crippen molar-refractivity contribution in [1.82, 2.24) is 0 Å². The first kappa shape index (κ1) is 49.4. The van der Waals surface area contributed by atoms with Crippen molar-refractivity contribution in [3.05, 3.63) is 72.4 Å². The Balaban J connectivity index is 2.54. The quantitative estimate of drug-likeness (QED) is 0.0357. The van der Waals surface area contributed by atoms with Gasteiger partial charge in [0.1, 0.15) is 6.54 Å². The lowest BCUT2D eigenvalue weighted by molar-refractivity contribution is -0.941. The first-order valence-corrected chi connectivity index (χ1v) is 24.1. The standard InChI is InChI=1S/C52H94N/c1-4-7-10-13-16-19-22-25-28-31-34-37-43-48-53(51-52-46-41-40-42-47-52,49-44-38-35-32-29-26-23-20-17-14-11-8-5-2)50-45-39-36-33-30-27-24-21-18-15-12-9-6-3/h10-15,40-42,46-47H,4-9,16-39,43-45,48-51H2,1-3H3/q+1/b13-10+,14-11+,15-12+. The normalized spacial score (nSPS) is 12.4. The van der Waals surface area contributed by atoms with Crippen LogP contribution in [0.2, 0.25) is 0 Å². The molecule has 0 aliphatic carbocycles. The summed E-state index contributed by atoms with van der Waals surface area (Å²) < 4.78 is 1.34. The van der Waals surface area contributed by atoms with Crippen molar-refractivity contribution in [3.63, 3.8) is 0 Å². The van der Waals surface area contributed by atoms with Gasteiger partial charge >= 0.3 is 0 Å². The minimum atomic E-state index is 1.24. The maximum absolute atomic E-state index is 2.41. The topological polar surface area (TPSA) is 0 Å². The van der Waals surface area contributed by atoms with E-state index in [0.717, 1.165) is 0 Å². The minimum absolute atomic E-state index is 1.24. The molecular weight excluding hydrogens is 639 g/mol. The Morgan fingerprint density at radius 2 is 0.585 bits per heavy atom. The van der Waals surface area contributed by atoms with Crippen LogP contribution < -0.4 is 0 Å². The molecular formula is C52H94N+. The summed E-state index contributed by atoms with van der Waals surface area (Å²) in [7, 11) is 0. The first-order valence-electron chi connectivity index (χ1n) is 24.1. The molecule has 0 fully saturated rings. The van der Waals surface area contributed by atoms with Crippen molar-refractivity contribution in [2.45, 2.75) is 239 Å². The highest BCUT2D eigenvalue weighted by molar-refractivity contribution is 5.13. The van der Waals surface area contributed by atoms with Gasteiger partial charge in [0.2, 0.25) is 0 Å². The summed E-state index contributed by atoms with van der Waals surface area (Å²) in [5, 5.41) is 0. The second-order valence-corrected chi connectivity index (χ2v) is 16.8. The zero-order valence-corrected chi connectivity index (χ0v) is 36.5. The monoisotopic (exact) mass is 733 g/mol. The molecule has 306 valence electrons. The number of rotatable bonds is 41. The molecule has 0 spiro atoms. The van der Waals surface area contributed by atoms with E-state index >= 15 is 0 Å². The van der Waals surface area contributed by atoms with Crippen LogP contribution in [0.4, 0.5) is 0 Å². The van der Waals surface area contributed by atoms with Gasteiger partial charge in [0.05, 0.1) is 19.6 Å². The molecule has 0 bridgehead atoms. The molecule has 0 radical (unpaired) electrons. The van der Waals surface area contributed by atoms with Crippen LogP contribution in [-0.2, 0) is 6.54 Å². The van der Waals surface area contributed by atoms with Crippen molar-refractivity contribution in [1.29, 1.82) is 0 Å². The van der Waals surface area contributed by atoms with Crippen LogP contribution in [0.25, 0.3) is 0 Å². The molecule has 0 aliphatic heterocycles. The molecule has 53 heavy (non-hydrogen) atoms. The maximum atomic E-state index is 2.41. The largest absolute Gasteiger partial charge is 0.320 e. The first-order chi connectivity index (χ1) is 26.3. The molecule has 0 aliphatic rings. The minimum Gasteiger partial charge on any atom is -0.320 e. The van der Waals surface area contributed by atoms with E-state index in [1.807, 2.05) is 0 Å². The summed E-state index contributed by atoms with van der Waals surface area (Å²) in [4.78, 5) is 0. The predicted octanol–water partition coefficient (Wildman–Crippen LogP) is 17.6. The molecule has 0 N–H and O–H groups in total. The molecule has 0 heterocycles. The summed E-state index contributed by atoms with van der Waals surface area (Å²) in [5.41, 5.74) is 1.56. The summed E-state index contributed by atoms with van der Waals surface area (Å²) in [5.74, 6) is 0. The lowest BCUT2D eigenvalue weighted by Gasteiger charge is -2.39. The number of hydrogen-bond acceptors (Lipinski definition) is 0. The Morgan fingerprint density at radius 1 is 0.321 bits per heavy atom. The molecule has 1 rings (SSSR count). The second-order valence-electron chi connectivity index (χ2n) is 16.8. The Kier molecular flexibility index (Phi) is 37.4. The van der Waals surface area contributed by atoms with Crippen molar-refractivity contribution >= 4 is 0 Å². The second kappa shape index (κ2) is 40.1. The third-order valence-corrected chi connectivity index (χ3v) is 11.5. The van der Waals surface area contributed by atoms with Gasteiger partial charge in [-0.25, -0.2) is 0 Å². The molecule has 0 saturated heterocycles. The predicted molar refractivity (Wildman–Crippen MR) is 242 cm³/mol. The average Bonchev–Trinajstić information content (AvgIpc) is 3.17. The van der Waals surface area contributed by atoms with Gasteiger partial charge in [0.25, 0.3) is 0 Å². The van der Waals surface area contributed by atoms with Gasteiger partial charge < -0.3 is 4.48 Å². The fourth-order valence-corrected chi connectivity index (χ4v) is 8.06. The summed E-state index contributed by atoms with van der Waals surface area (Å²) in [6.45, 7) is 12.2. The van der Waals surface area contributed by atoms with Gasteiger partial charge in [-0.3, -0.25) is 0 Å². The van der Waals surface area contributed by atoms with Crippen LogP contribution in [0.1, 0.15) is 238 Å². The van der Waals surface area contributed by atoms with Crippen molar-refractivity contribution in [2.24, 2.45) is 0 Å². The number of allylic oxidation sites excluding steroid dienone is 6. The van der Waals surface area contributed by atoms with Gasteiger partial charge in [0.15, 0.2) is 0 Å². The fraction of sp³-hybridized carbons (Fsp3) is 0.769. The van der Waals surface area contributed by atoms with Crippen LogP contribution in [-0.4, -0.2) is 24.1 Å². The molecule has 0 aromatic heterocycles. The van der Waals surface area contributed by atoms with Crippen LogP contribution in [0.5, 0.6) is 0 Å². The summed E-state index contributed by atoms with van der Waals surface area (Å²) in [6.07, 6.45) is 60.0. The van der Waals surface area contributed by atoms with Crippen molar-refractivity contribution in [2.75, 3.05) is 19.6 Å². The Bertz CT molecular complexity index is 837. The Hall–Kier alpha value is -1.60. The van der Waals surface area contributed by atoms with E-state index in [0.29, 0.717) is 0 Å². The molecule has 0 saturated carbocycles. The number of quaternary nitrogens is 1. The highest BCUT2D eigenvalue weighted by Gasteiger charge is 2.26. The number of unbranched alkanes of at least 4 members (excludes halogenated alkanes) is 27. The zero-order valence-electron chi connectivity index (χ0n) is 36.5. The highest BCUT2D eigenvalue weighted by atomic mass is 15.3. The number of nitrogens with zero attached hydrogens (tertiary/aromatic N) is 1. The molecule has 1 nitrogen and oxygen atoms in total. The van der Waals surface area contributed by atoms with Gasteiger partial charge in [0, 0.05) is 5.56 Å². The average molecular weight is 733 g/mol. The summed E-state index contributed by atoms with van der Waals surface area (Å²) in [6, 6.07) is 11.6. The van der Waals surface area contributed by atoms with E-state index in [1.54, 1.807) is 5.56 Å². The van der Waals surface area contributed by atoms with E-state index in [9.17, 15) is 0 Å². The van der Waals surface area contributed by atoms with E-state index in [1.165, 1.54) is 243 Å². The number of hydrogen-bond donors (Lipinski definition) is 0. The van der Waals surface area contributed by atoms with E-state index in [4.69, 9.17) is 0 Å². The van der Waals surface area contributed by atoms with Gasteiger partial charge in [-0.2, -0.15) is 0 Å². The summed E-state index contributed by atoms with van der Waals surface area (Å²) >= 11 is 0. The van der Waals surface area contributed by atoms with E-state index in [2.05, 4.69) is 87.6 Å². The molecule has 0 unspecified atom stereocenters. The van der Waals surface area contributed by atoms with Crippen LogP contribution in [0.3, 0.4) is 0 Å². The SMILES string of the molecule is CCC/C=C/CCCCCCCCCC[N+](CCCCCCCCCC/C=C/CCC)(CCCCCCCCCC/C=C/CCC)Cc1ccccc1. The van der Waals surface area contributed by atoms with Crippen molar-refractivity contribution < 1.29 is 4.48 Å². The molecule has 1 aromatic carbocycles. The highest BCUT2D eigenvalue weighted by Crippen LogP contribution is 2.23. The van der Waals surface area contributed by atoms with Crippen molar-refractivity contribution in [3.8, 4) is 0 Å². The van der Waals surface area contributed by atoms with Gasteiger partial charge in [-0.1, -0.05) is 203 Å². The van der Waals surface area contributed by atoms with Crippen LogP contribution in [0.15, 0.2) is 66.8 Å².